The molecule has 4 rings (SSSR count). The third-order valence-electron chi connectivity index (χ3n) is 5.14. The first-order valence-corrected chi connectivity index (χ1v) is 11.5. The Labute approximate surface area is 200 Å². The summed E-state index contributed by atoms with van der Waals surface area (Å²) in [4.78, 5) is 13.0. The summed E-state index contributed by atoms with van der Waals surface area (Å²) < 4.78 is 11.9. The molecule has 0 aliphatic carbocycles. The molecule has 0 atom stereocenters. The first-order chi connectivity index (χ1) is 15.5. The Hall–Kier alpha value is -2.61. The molecule has 1 saturated heterocycles. The molecule has 1 aromatic heterocycles. The lowest BCUT2D eigenvalue weighted by Gasteiger charge is -2.27. The minimum Gasteiger partial charge on any atom is -0.486 e. The summed E-state index contributed by atoms with van der Waals surface area (Å²) in [5, 5.41) is 10.8. The molecule has 6 nitrogen and oxygen atoms in total. The molecule has 166 valence electrons. The molecule has 2 N–H and O–H groups in total. The minimum absolute atomic E-state index is 0.161. The number of halogens is 2. The summed E-state index contributed by atoms with van der Waals surface area (Å²) in [7, 11) is 0. The topological polar surface area (TPSA) is 76.4 Å². The van der Waals surface area contributed by atoms with Crippen LogP contribution in [-0.2, 0) is 6.61 Å². The number of carbonyl (C=O) groups excluding carboxylic acids is 1. The fraction of sp³-hybridized carbons (Fsp3) is 0.250. The summed E-state index contributed by atoms with van der Waals surface area (Å²) in [6.45, 7) is 4.52. The number of benzene rings is 2. The fourth-order valence-electron chi connectivity index (χ4n) is 3.24. The highest BCUT2D eigenvalue weighted by Gasteiger charge is 2.19. The Kier molecular flexibility index (Phi) is 7.29. The van der Waals surface area contributed by atoms with Crippen LogP contribution in [0.4, 0.5) is 0 Å². The van der Waals surface area contributed by atoms with Crippen molar-refractivity contribution < 1.29 is 14.1 Å². The van der Waals surface area contributed by atoms with E-state index >= 15 is 0 Å². The summed E-state index contributed by atoms with van der Waals surface area (Å²) >= 11 is 9.54. The second kappa shape index (κ2) is 10.3. The van der Waals surface area contributed by atoms with Gasteiger partial charge < -0.3 is 19.9 Å². The van der Waals surface area contributed by atoms with Gasteiger partial charge in [0.2, 0.25) is 0 Å². The largest absolute Gasteiger partial charge is 0.486 e. The van der Waals surface area contributed by atoms with Crippen molar-refractivity contribution in [3.63, 3.8) is 0 Å². The zero-order valence-corrected chi connectivity index (χ0v) is 19.9. The molecular formula is C24H23BrClN3O3. The van der Waals surface area contributed by atoms with E-state index in [4.69, 9.17) is 20.9 Å². The normalized spacial score (nSPS) is 13.8. The van der Waals surface area contributed by atoms with Gasteiger partial charge in [0.15, 0.2) is 0 Å². The second-order valence-electron chi connectivity index (χ2n) is 7.71. The fourth-order valence-corrected chi connectivity index (χ4v) is 4.05. The van der Waals surface area contributed by atoms with Crippen LogP contribution in [0.3, 0.4) is 0 Å². The van der Waals surface area contributed by atoms with Crippen LogP contribution in [0.2, 0.25) is 5.02 Å². The molecule has 1 fully saturated rings. The van der Waals surface area contributed by atoms with E-state index in [0.717, 1.165) is 28.7 Å². The maximum absolute atomic E-state index is 13.0. The molecule has 0 spiro atoms. The average Bonchev–Trinajstić information content (AvgIpc) is 3.16. The van der Waals surface area contributed by atoms with E-state index in [9.17, 15) is 4.79 Å². The van der Waals surface area contributed by atoms with Gasteiger partial charge in [-0.05, 0) is 42.3 Å². The number of hydrogen-bond donors (Lipinski definition) is 2. The van der Waals surface area contributed by atoms with Crippen molar-refractivity contribution in [2.75, 3.05) is 19.6 Å². The molecule has 32 heavy (non-hydrogen) atoms. The number of nitrogens with one attached hydrogen (secondary N) is 2. The summed E-state index contributed by atoms with van der Waals surface area (Å²) in [5.74, 6) is 1.52. The van der Waals surface area contributed by atoms with E-state index in [1.807, 2.05) is 61.5 Å². The van der Waals surface area contributed by atoms with Gasteiger partial charge in [-0.25, -0.2) is 0 Å². The van der Waals surface area contributed by atoms with E-state index in [1.54, 1.807) is 0 Å². The van der Waals surface area contributed by atoms with E-state index in [-0.39, 0.29) is 12.5 Å². The van der Waals surface area contributed by atoms with Crippen molar-refractivity contribution in [2.24, 2.45) is 5.92 Å². The van der Waals surface area contributed by atoms with Gasteiger partial charge >= 0.3 is 0 Å². The molecule has 1 aliphatic heterocycles. The maximum atomic E-state index is 13.0. The van der Waals surface area contributed by atoms with Gasteiger partial charge in [-0.1, -0.05) is 57.0 Å². The molecule has 0 saturated carbocycles. The molecule has 0 bridgehead atoms. The monoisotopic (exact) mass is 515 g/mol. The summed E-state index contributed by atoms with van der Waals surface area (Å²) in [6.07, 6.45) is 3.92. The Morgan fingerprint density at radius 3 is 2.81 bits per heavy atom. The molecule has 2 heterocycles. The Balaban J connectivity index is 1.54. The summed E-state index contributed by atoms with van der Waals surface area (Å²) in [5.41, 5.74) is 3.02. The maximum Gasteiger partial charge on any atom is 0.255 e. The van der Waals surface area contributed by atoms with Crippen LogP contribution in [0.5, 0.6) is 5.75 Å². The highest BCUT2D eigenvalue weighted by atomic mass is 79.9. The molecule has 0 unspecified atom stereocenters. The van der Waals surface area contributed by atoms with Gasteiger partial charge in [0.25, 0.3) is 5.91 Å². The number of carbonyl (C=O) groups is 1. The lowest BCUT2D eigenvalue weighted by Crippen LogP contribution is -2.48. The predicted molar refractivity (Wildman–Crippen MR) is 129 cm³/mol. The number of aromatic nitrogens is 1. The van der Waals surface area contributed by atoms with E-state index in [2.05, 4.69) is 31.7 Å². The number of amides is 1. The summed E-state index contributed by atoms with van der Waals surface area (Å²) in [6, 6.07) is 13.0. The quantitative estimate of drug-likeness (QED) is 0.408. The van der Waals surface area contributed by atoms with Crippen LogP contribution in [0.25, 0.3) is 12.2 Å². The van der Waals surface area contributed by atoms with E-state index in [0.29, 0.717) is 40.3 Å². The highest BCUT2D eigenvalue weighted by molar-refractivity contribution is 9.10. The van der Waals surface area contributed by atoms with Crippen molar-refractivity contribution in [3.05, 3.63) is 80.1 Å². The Morgan fingerprint density at radius 1 is 1.28 bits per heavy atom. The predicted octanol–water partition coefficient (Wildman–Crippen LogP) is 5.10. The van der Waals surface area contributed by atoms with Gasteiger partial charge in [0, 0.05) is 41.1 Å². The van der Waals surface area contributed by atoms with Crippen LogP contribution < -0.4 is 15.4 Å². The first kappa shape index (κ1) is 22.6. The zero-order valence-electron chi connectivity index (χ0n) is 17.5. The van der Waals surface area contributed by atoms with Crippen LogP contribution >= 0.6 is 27.5 Å². The van der Waals surface area contributed by atoms with Crippen molar-refractivity contribution in [1.82, 2.24) is 15.8 Å². The van der Waals surface area contributed by atoms with Crippen LogP contribution in [0.1, 0.15) is 32.9 Å². The minimum atomic E-state index is -0.161. The highest BCUT2D eigenvalue weighted by Crippen LogP contribution is 2.26. The number of aryl methyl sites for hydroxylation is 1. The van der Waals surface area contributed by atoms with Gasteiger partial charge in [-0.3, -0.25) is 4.79 Å². The van der Waals surface area contributed by atoms with Gasteiger partial charge in [0.05, 0.1) is 5.56 Å². The van der Waals surface area contributed by atoms with E-state index in [1.165, 1.54) is 0 Å². The molecule has 8 heteroatoms. The van der Waals surface area contributed by atoms with Crippen molar-refractivity contribution in [3.8, 4) is 5.75 Å². The molecule has 0 radical (unpaired) electrons. The van der Waals surface area contributed by atoms with Crippen LogP contribution in [0, 0.1) is 12.8 Å². The smallest absolute Gasteiger partial charge is 0.255 e. The standard InChI is InChI=1S/C24H23BrClN3O3/c1-15-8-20(29-32-15)14-31-23-7-3-16(2-4-18-5-6-19(26)10-22(18)25)9-21(23)24(30)28-13-17-11-27-12-17/h2-10,17,27H,11-14H2,1H3,(H,28,30)/b4-2+. The first-order valence-electron chi connectivity index (χ1n) is 10.3. The average molecular weight is 517 g/mol. The van der Waals surface area contributed by atoms with E-state index < -0.39 is 0 Å². The van der Waals surface area contributed by atoms with Gasteiger partial charge in [-0.15, -0.1) is 0 Å². The molecular weight excluding hydrogens is 494 g/mol. The Bertz CT molecular complexity index is 1140. The second-order valence-corrected chi connectivity index (χ2v) is 9.00. The number of hydrogen-bond acceptors (Lipinski definition) is 5. The van der Waals surface area contributed by atoms with Crippen molar-refractivity contribution in [2.45, 2.75) is 13.5 Å². The third kappa shape index (κ3) is 5.79. The lowest BCUT2D eigenvalue weighted by molar-refractivity contribution is 0.0937. The SMILES string of the molecule is Cc1cc(COc2ccc(/C=C/c3ccc(Cl)cc3Br)cc2C(=O)NCC2CNC2)no1. The lowest BCUT2D eigenvalue weighted by atomic mass is 10.0. The van der Waals surface area contributed by atoms with Crippen LogP contribution in [0.15, 0.2) is 51.5 Å². The molecule has 2 aromatic carbocycles. The molecule has 3 aromatic rings. The number of nitrogens with zero attached hydrogens (tertiary/aromatic N) is 1. The van der Waals surface area contributed by atoms with Crippen molar-refractivity contribution in [1.29, 1.82) is 0 Å². The van der Waals surface area contributed by atoms with Crippen molar-refractivity contribution >= 4 is 45.6 Å². The third-order valence-corrected chi connectivity index (χ3v) is 6.06. The van der Waals surface area contributed by atoms with Crippen LogP contribution in [-0.4, -0.2) is 30.7 Å². The zero-order chi connectivity index (χ0) is 22.5. The van der Waals surface area contributed by atoms with Gasteiger partial charge in [-0.2, -0.15) is 0 Å². The number of rotatable bonds is 8. The Morgan fingerprint density at radius 2 is 2.12 bits per heavy atom. The molecule has 1 aliphatic rings. The molecule has 1 amide bonds. The van der Waals surface area contributed by atoms with Gasteiger partial charge in [0.1, 0.15) is 23.8 Å². The number of ether oxygens (including phenoxy) is 1.